The lowest BCUT2D eigenvalue weighted by atomic mass is 10.2. The topological polar surface area (TPSA) is 108 Å². The number of fused-ring (bicyclic) bond motifs is 1. The zero-order valence-corrected chi connectivity index (χ0v) is 19.4. The monoisotopic (exact) mass is 512 g/mol. The van der Waals surface area contributed by atoms with E-state index in [1.54, 1.807) is 24.4 Å². The van der Waals surface area contributed by atoms with E-state index in [2.05, 4.69) is 15.3 Å². The summed E-state index contributed by atoms with van der Waals surface area (Å²) in [7, 11) is 3.02. The molecule has 0 atom stereocenters. The summed E-state index contributed by atoms with van der Waals surface area (Å²) in [6.07, 6.45) is -3.24. The Morgan fingerprint density at radius 2 is 1.59 bits per heavy atom. The Hall–Kier alpha value is -4.87. The van der Waals surface area contributed by atoms with Crippen molar-refractivity contribution in [2.45, 2.75) is 6.18 Å². The lowest BCUT2D eigenvalue weighted by Gasteiger charge is -2.14. The molecule has 9 nitrogen and oxygen atoms in total. The van der Waals surface area contributed by atoms with Crippen molar-refractivity contribution < 1.29 is 32.3 Å². The Bertz CT molecular complexity index is 1460. The van der Waals surface area contributed by atoms with E-state index < -0.39 is 16.9 Å². The molecule has 1 aromatic heterocycles. The summed E-state index contributed by atoms with van der Waals surface area (Å²) in [5.41, 5.74) is 0.361. The highest BCUT2D eigenvalue weighted by Gasteiger charge is 2.36. The summed E-state index contributed by atoms with van der Waals surface area (Å²) in [5.74, 6) is 0.539. The van der Waals surface area contributed by atoms with Gasteiger partial charge in [-0.05, 0) is 48.5 Å². The van der Waals surface area contributed by atoms with Crippen LogP contribution in [0.3, 0.4) is 0 Å². The maximum Gasteiger partial charge on any atom is 0.449 e. The van der Waals surface area contributed by atoms with Crippen molar-refractivity contribution in [3.05, 3.63) is 83.0 Å². The van der Waals surface area contributed by atoms with E-state index in [1.165, 1.54) is 38.5 Å². The second-order valence-electron chi connectivity index (χ2n) is 7.52. The minimum Gasteiger partial charge on any atom is -0.493 e. The van der Waals surface area contributed by atoms with Crippen LogP contribution in [0.1, 0.15) is 0 Å². The molecule has 0 saturated heterocycles. The van der Waals surface area contributed by atoms with Crippen LogP contribution < -0.4 is 19.5 Å². The summed E-state index contributed by atoms with van der Waals surface area (Å²) >= 11 is 0. The minimum absolute atomic E-state index is 0.0954. The maximum absolute atomic E-state index is 13.6. The largest absolute Gasteiger partial charge is 0.493 e. The number of non-ortho nitro benzene ring substituents is 1. The van der Waals surface area contributed by atoms with E-state index in [-0.39, 0.29) is 17.1 Å². The third-order valence-corrected chi connectivity index (χ3v) is 5.12. The van der Waals surface area contributed by atoms with Crippen molar-refractivity contribution in [2.75, 3.05) is 19.5 Å². The average Bonchev–Trinajstić information content (AvgIpc) is 2.88. The molecule has 0 spiro atoms. The summed E-state index contributed by atoms with van der Waals surface area (Å²) in [6, 6.07) is 15.3. The number of methoxy groups -OCH3 is 2. The number of nitro benzene ring substituents is 1. The Morgan fingerprint density at radius 3 is 2.19 bits per heavy atom. The molecule has 190 valence electrons. The van der Waals surface area contributed by atoms with E-state index >= 15 is 0 Å². The first kappa shape index (κ1) is 25.2. The number of aromatic nitrogens is 1. The zero-order valence-electron chi connectivity index (χ0n) is 19.4. The number of aliphatic imine (C=N–C) groups is 1. The van der Waals surface area contributed by atoms with E-state index in [4.69, 9.17) is 14.2 Å². The van der Waals surface area contributed by atoms with Gasteiger partial charge in [-0.25, -0.2) is 4.99 Å². The molecule has 0 amide bonds. The highest BCUT2D eigenvalue weighted by atomic mass is 19.4. The van der Waals surface area contributed by atoms with E-state index in [0.717, 1.165) is 24.3 Å². The molecule has 0 aliphatic carbocycles. The number of alkyl halides is 3. The number of nitrogens with zero attached hydrogens (tertiary/aromatic N) is 3. The summed E-state index contributed by atoms with van der Waals surface area (Å²) in [4.78, 5) is 18.0. The highest BCUT2D eigenvalue weighted by molar-refractivity contribution is 6.01. The van der Waals surface area contributed by atoms with Crippen molar-refractivity contribution in [3.63, 3.8) is 0 Å². The number of amidine groups is 1. The first-order valence-electron chi connectivity index (χ1n) is 10.6. The van der Waals surface area contributed by atoms with Gasteiger partial charge in [0.2, 0.25) is 5.84 Å². The number of benzene rings is 3. The molecule has 0 unspecified atom stereocenters. The van der Waals surface area contributed by atoms with Gasteiger partial charge >= 0.3 is 6.18 Å². The number of halogens is 3. The van der Waals surface area contributed by atoms with Gasteiger partial charge in [-0.2, -0.15) is 13.2 Å². The normalized spacial score (nSPS) is 11.8. The van der Waals surface area contributed by atoms with Gasteiger partial charge < -0.3 is 19.5 Å². The number of hydrogen-bond donors (Lipinski definition) is 1. The van der Waals surface area contributed by atoms with E-state index in [0.29, 0.717) is 33.9 Å². The second-order valence-corrected chi connectivity index (χ2v) is 7.52. The van der Waals surface area contributed by atoms with E-state index in [1.807, 2.05) is 0 Å². The average molecular weight is 512 g/mol. The maximum atomic E-state index is 13.6. The van der Waals surface area contributed by atoms with Crippen molar-refractivity contribution in [1.29, 1.82) is 0 Å². The van der Waals surface area contributed by atoms with Crippen LogP contribution in [0.4, 0.5) is 30.2 Å². The predicted octanol–water partition coefficient (Wildman–Crippen LogP) is 6.66. The zero-order chi connectivity index (χ0) is 26.6. The molecule has 0 aliphatic rings. The first-order valence-corrected chi connectivity index (χ1v) is 10.6. The van der Waals surface area contributed by atoms with Gasteiger partial charge in [0.05, 0.1) is 30.3 Å². The summed E-state index contributed by atoms with van der Waals surface area (Å²) in [5, 5.41) is 13.6. The summed E-state index contributed by atoms with van der Waals surface area (Å²) < 4.78 is 57.3. The molecule has 1 N–H and O–H groups in total. The molecule has 0 saturated carbocycles. The lowest BCUT2D eigenvalue weighted by molar-refractivity contribution is -0.384. The van der Waals surface area contributed by atoms with Crippen molar-refractivity contribution >= 4 is 33.8 Å². The third-order valence-electron chi connectivity index (χ3n) is 5.12. The molecule has 4 aromatic rings. The van der Waals surface area contributed by atoms with Crippen LogP contribution in [0, 0.1) is 10.1 Å². The summed E-state index contributed by atoms with van der Waals surface area (Å²) in [6.45, 7) is 0. The van der Waals surface area contributed by atoms with Gasteiger partial charge in [0, 0.05) is 35.5 Å². The van der Waals surface area contributed by atoms with Crippen LogP contribution in [0.2, 0.25) is 0 Å². The molecule has 0 aliphatic heterocycles. The first-order chi connectivity index (χ1) is 17.7. The fourth-order valence-electron chi connectivity index (χ4n) is 3.35. The van der Waals surface area contributed by atoms with Gasteiger partial charge in [0.1, 0.15) is 11.5 Å². The van der Waals surface area contributed by atoms with Crippen LogP contribution in [0.25, 0.3) is 10.9 Å². The molecule has 37 heavy (non-hydrogen) atoms. The number of ether oxygens (including phenoxy) is 3. The Morgan fingerprint density at radius 1 is 0.946 bits per heavy atom. The number of rotatable bonds is 7. The fraction of sp³-hybridized carbons (Fsp3) is 0.120. The van der Waals surface area contributed by atoms with Gasteiger partial charge in [0.25, 0.3) is 5.69 Å². The van der Waals surface area contributed by atoms with E-state index in [9.17, 15) is 23.3 Å². The Balaban J connectivity index is 1.56. The number of pyridine rings is 1. The number of hydrogen-bond acceptors (Lipinski definition) is 7. The molecular weight excluding hydrogens is 493 g/mol. The second kappa shape index (κ2) is 10.4. The van der Waals surface area contributed by atoms with Crippen LogP contribution in [-0.2, 0) is 0 Å². The molecule has 0 bridgehead atoms. The molecule has 0 fully saturated rings. The molecule has 12 heteroatoms. The third kappa shape index (κ3) is 5.86. The van der Waals surface area contributed by atoms with Crippen LogP contribution in [0.5, 0.6) is 23.0 Å². The Labute approximate surface area is 208 Å². The molecule has 4 rings (SSSR count). The van der Waals surface area contributed by atoms with Crippen molar-refractivity contribution in [2.24, 2.45) is 4.99 Å². The van der Waals surface area contributed by atoms with Crippen molar-refractivity contribution in [3.8, 4) is 23.0 Å². The fourth-order valence-corrected chi connectivity index (χ4v) is 3.35. The van der Waals surface area contributed by atoms with Crippen LogP contribution >= 0.6 is 0 Å². The number of anilines is 1. The van der Waals surface area contributed by atoms with Crippen LogP contribution in [-0.4, -0.2) is 36.1 Å². The molecular formula is C25H19F3N4O5. The van der Waals surface area contributed by atoms with Gasteiger partial charge in [-0.3, -0.25) is 15.1 Å². The van der Waals surface area contributed by atoms with Gasteiger partial charge in [-0.1, -0.05) is 0 Å². The predicted molar refractivity (Wildman–Crippen MR) is 131 cm³/mol. The molecule has 1 heterocycles. The standard InChI is InChI=1S/C25H19F3N4O5/c1-35-22-13-19-20(14-23(22)36-2)29-12-11-21(19)37-18-9-5-16(6-10-18)31-24(25(26,27)28)30-15-3-7-17(8-4-15)32(33)34/h3-14H,1-2H3,(H,30,31). The number of nitrogens with one attached hydrogen (secondary N) is 1. The SMILES string of the molecule is COc1cc2nccc(Oc3ccc(NC(=Nc4ccc([N+](=O)[O-])cc4)C(F)(F)F)cc3)c2cc1OC. The Kier molecular flexibility index (Phi) is 7.09. The van der Waals surface area contributed by atoms with Gasteiger partial charge in [0.15, 0.2) is 11.5 Å². The lowest BCUT2D eigenvalue weighted by Crippen LogP contribution is -2.30. The number of nitro groups is 1. The highest BCUT2D eigenvalue weighted by Crippen LogP contribution is 2.37. The minimum atomic E-state index is -4.80. The van der Waals surface area contributed by atoms with Crippen molar-refractivity contribution in [1.82, 2.24) is 4.98 Å². The molecule has 3 aromatic carbocycles. The van der Waals surface area contributed by atoms with Crippen LogP contribution in [0.15, 0.2) is 77.9 Å². The van der Waals surface area contributed by atoms with Gasteiger partial charge in [-0.15, -0.1) is 0 Å². The smallest absolute Gasteiger partial charge is 0.449 e. The molecule has 0 radical (unpaired) electrons. The quantitative estimate of drug-likeness (QED) is 0.128.